The summed E-state index contributed by atoms with van der Waals surface area (Å²) in [6, 6.07) is 0. The summed E-state index contributed by atoms with van der Waals surface area (Å²) >= 11 is 0. The summed E-state index contributed by atoms with van der Waals surface area (Å²) in [6.45, 7) is 0.803. The number of carboxylic acid groups (broad SMARTS) is 1. The number of aromatic carboxylic acids is 1. The van der Waals surface area contributed by atoms with Crippen molar-refractivity contribution in [3.05, 3.63) is 17.7 Å². The number of imidazole rings is 1. The molecule has 2 heterocycles. The fourth-order valence-corrected chi connectivity index (χ4v) is 1.59. The lowest BCUT2D eigenvalue weighted by molar-refractivity contribution is 0.0684. The third-order valence-electron chi connectivity index (χ3n) is 2.19. The highest BCUT2D eigenvalue weighted by Gasteiger charge is 2.17. The van der Waals surface area contributed by atoms with Crippen molar-refractivity contribution in [2.75, 3.05) is 0 Å². The zero-order valence-electron chi connectivity index (χ0n) is 6.66. The minimum atomic E-state index is -0.879. The number of fused-ring (bicyclic) bond motifs is 1. The van der Waals surface area contributed by atoms with Crippen LogP contribution in [0.15, 0.2) is 6.20 Å². The predicted molar refractivity (Wildman–Crippen MR) is 42.1 cm³/mol. The van der Waals surface area contributed by atoms with Gasteiger partial charge in [0.05, 0.1) is 6.20 Å². The molecule has 0 atom stereocenters. The summed E-state index contributed by atoms with van der Waals surface area (Å²) in [5, 5.41) is 8.77. The van der Waals surface area contributed by atoms with E-state index < -0.39 is 5.97 Å². The standard InChI is InChI=1S/C8H10N2O2/c11-8(12)6-5-9-7-3-1-2-4-10(6)7/h5H,1-4H2,(H,11,12). The van der Waals surface area contributed by atoms with Gasteiger partial charge in [0.2, 0.25) is 0 Å². The Morgan fingerprint density at radius 1 is 1.58 bits per heavy atom. The molecular formula is C8H10N2O2. The normalized spacial score (nSPS) is 15.7. The van der Waals surface area contributed by atoms with Crippen molar-refractivity contribution >= 4 is 5.97 Å². The van der Waals surface area contributed by atoms with Gasteiger partial charge in [-0.3, -0.25) is 0 Å². The number of aryl methyl sites for hydroxylation is 1. The Labute approximate surface area is 69.8 Å². The Morgan fingerprint density at radius 2 is 2.42 bits per heavy atom. The molecular weight excluding hydrogens is 156 g/mol. The molecule has 1 aliphatic rings. The molecule has 0 bridgehead atoms. The second-order valence-corrected chi connectivity index (χ2v) is 2.97. The second-order valence-electron chi connectivity index (χ2n) is 2.97. The van der Waals surface area contributed by atoms with Gasteiger partial charge in [0.1, 0.15) is 11.5 Å². The van der Waals surface area contributed by atoms with Crippen LogP contribution < -0.4 is 0 Å². The molecule has 1 aromatic heterocycles. The number of rotatable bonds is 1. The topological polar surface area (TPSA) is 55.1 Å². The molecule has 64 valence electrons. The minimum Gasteiger partial charge on any atom is -0.477 e. The van der Waals surface area contributed by atoms with Crippen molar-refractivity contribution in [3.8, 4) is 0 Å². The van der Waals surface area contributed by atoms with Crippen LogP contribution in [-0.4, -0.2) is 20.6 Å². The number of nitrogens with zero attached hydrogens (tertiary/aromatic N) is 2. The van der Waals surface area contributed by atoms with E-state index in [4.69, 9.17) is 5.11 Å². The first kappa shape index (κ1) is 7.34. The summed E-state index contributed by atoms with van der Waals surface area (Å²) < 4.78 is 1.80. The Balaban J connectivity index is 2.44. The fourth-order valence-electron chi connectivity index (χ4n) is 1.59. The maximum Gasteiger partial charge on any atom is 0.354 e. The summed E-state index contributed by atoms with van der Waals surface area (Å²) in [5.74, 6) is 0.0364. The molecule has 0 fully saturated rings. The van der Waals surface area contributed by atoms with Gasteiger partial charge < -0.3 is 9.67 Å². The van der Waals surface area contributed by atoms with Gasteiger partial charge in [-0.15, -0.1) is 0 Å². The van der Waals surface area contributed by atoms with Crippen molar-refractivity contribution in [2.45, 2.75) is 25.8 Å². The molecule has 1 aromatic rings. The number of hydrogen-bond acceptors (Lipinski definition) is 2. The molecule has 12 heavy (non-hydrogen) atoms. The van der Waals surface area contributed by atoms with Crippen molar-refractivity contribution in [1.29, 1.82) is 0 Å². The summed E-state index contributed by atoms with van der Waals surface area (Å²) in [6.07, 6.45) is 4.54. The van der Waals surface area contributed by atoms with E-state index in [0.717, 1.165) is 31.6 Å². The molecule has 0 saturated carbocycles. The van der Waals surface area contributed by atoms with Gasteiger partial charge in [0, 0.05) is 13.0 Å². The van der Waals surface area contributed by atoms with Gasteiger partial charge in [-0.05, 0) is 12.8 Å². The maximum absolute atomic E-state index is 10.7. The molecule has 4 heteroatoms. The highest BCUT2D eigenvalue weighted by atomic mass is 16.4. The lowest BCUT2D eigenvalue weighted by Crippen LogP contribution is -2.15. The largest absolute Gasteiger partial charge is 0.477 e. The third kappa shape index (κ3) is 0.995. The average Bonchev–Trinajstić information content (AvgIpc) is 2.47. The van der Waals surface area contributed by atoms with Crippen LogP contribution in [-0.2, 0) is 13.0 Å². The monoisotopic (exact) mass is 166 g/mol. The summed E-state index contributed by atoms with van der Waals surface area (Å²) in [7, 11) is 0. The first-order chi connectivity index (χ1) is 5.79. The molecule has 0 radical (unpaired) electrons. The van der Waals surface area contributed by atoms with Crippen molar-refractivity contribution in [2.24, 2.45) is 0 Å². The highest BCUT2D eigenvalue weighted by molar-refractivity contribution is 5.85. The Kier molecular flexibility index (Phi) is 1.60. The second kappa shape index (κ2) is 2.62. The molecule has 2 rings (SSSR count). The first-order valence-corrected chi connectivity index (χ1v) is 4.07. The number of aromatic nitrogens is 2. The SMILES string of the molecule is O=C(O)c1cnc2n1CCCC2. The molecule has 1 N–H and O–H groups in total. The van der Waals surface area contributed by atoms with E-state index in [-0.39, 0.29) is 0 Å². The van der Waals surface area contributed by atoms with Gasteiger partial charge in [0.15, 0.2) is 0 Å². The van der Waals surface area contributed by atoms with E-state index in [2.05, 4.69) is 4.98 Å². The molecule has 1 aliphatic heterocycles. The minimum absolute atomic E-state index is 0.324. The van der Waals surface area contributed by atoms with E-state index in [1.54, 1.807) is 4.57 Å². The van der Waals surface area contributed by atoms with Crippen LogP contribution in [0.3, 0.4) is 0 Å². The lowest BCUT2D eigenvalue weighted by Gasteiger charge is -2.14. The number of hydrogen-bond donors (Lipinski definition) is 1. The van der Waals surface area contributed by atoms with Crippen LogP contribution in [0, 0.1) is 0 Å². The van der Waals surface area contributed by atoms with Crippen LogP contribution in [0.4, 0.5) is 0 Å². The van der Waals surface area contributed by atoms with Crippen molar-refractivity contribution < 1.29 is 9.90 Å². The third-order valence-corrected chi connectivity index (χ3v) is 2.19. The summed E-state index contributed by atoms with van der Waals surface area (Å²) in [4.78, 5) is 14.7. The molecule has 0 saturated heterocycles. The van der Waals surface area contributed by atoms with E-state index in [1.807, 2.05) is 0 Å². The number of carbonyl (C=O) groups is 1. The van der Waals surface area contributed by atoms with Crippen LogP contribution >= 0.6 is 0 Å². The number of carboxylic acids is 1. The van der Waals surface area contributed by atoms with Crippen molar-refractivity contribution in [1.82, 2.24) is 9.55 Å². The molecule has 0 aliphatic carbocycles. The highest BCUT2D eigenvalue weighted by Crippen LogP contribution is 2.15. The average molecular weight is 166 g/mol. The van der Waals surface area contributed by atoms with Crippen LogP contribution in [0.1, 0.15) is 29.2 Å². The molecule has 0 unspecified atom stereocenters. The molecule has 0 amide bonds. The van der Waals surface area contributed by atoms with Gasteiger partial charge in [-0.25, -0.2) is 9.78 Å². The van der Waals surface area contributed by atoms with Crippen LogP contribution in [0.25, 0.3) is 0 Å². The lowest BCUT2D eigenvalue weighted by atomic mass is 10.2. The smallest absolute Gasteiger partial charge is 0.354 e. The van der Waals surface area contributed by atoms with Gasteiger partial charge in [-0.2, -0.15) is 0 Å². The Morgan fingerprint density at radius 3 is 3.17 bits per heavy atom. The van der Waals surface area contributed by atoms with E-state index in [0.29, 0.717) is 5.69 Å². The van der Waals surface area contributed by atoms with E-state index in [9.17, 15) is 4.79 Å². The van der Waals surface area contributed by atoms with Gasteiger partial charge in [0.25, 0.3) is 0 Å². The van der Waals surface area contributed by atoms with Crippen molar-refractivity contribution in [3.63, 3.8) is 0 Å². The Bertz CT molecular complexity index is 317. The molecule has 0 aromatic carbocycles. The maximum atomic E-state index is 10.7. The quantitative estimate of drug-likeness (QED) is 0.674. The van der Waals surface area contributed by atoms with Gasteiger partial charge in [-0.1, -0.05) is 0 Å². The zero-order chi connectivity index (χ0) is 8.55. The molecule has 0 spiro atoms. The first-order valence-electron chi connectivity index (χ1n) is 4.07. The van der Waals surface area contributed by atoms with E-state index >= 15 is 0 Å². The Hall–Kier alpha value is -1.32. The van der Waals surface area contributed by atoms with Gasteiger partial charge >= 0.3 is 5.97 Å². The predicted octanol–water partition coefficient (Wildman–Crippen LogP) is 0.918. The van der Waals surface area contributed by atoms with E-state index in [1.165, 1.54) is 6.20 Å². The summed E-state index contributed by atoms with van der Waals surface area (Å²) in [5.41, 5.74) is 0.324. The molecule has 4 nitrogen and oxygen atoms in total. The van der Waals surface area contributed by atoms with Crippen LogP contribution in [0.2, 0.25) is 0 Å². The van der Waals surface area contributed by atoms with Crippen LogP contribution in [0.5, 0.6) is 0 Å². The fraction of sp³-hybridized carbons (Fsp3) is 0.500. The zero-order valence-corrected chi connectivity index (χ0v) is 6.66.